The minimum atomic E-state index is -4.81. The van der Waals surface area contributed by atoms with Crippen molar-refractivity contribution in [3.8, 4) is 17.3 Å². The highest BCUT2D eigenvalue weighted by atomic mass is 19.4. The number of rotatable bonds is 9. The van der Waals surface area contributed by atoms with Crippen molar-refractivity contribution in [1.29, 1.82) is 0 Å². The molecule has 0 radical (unpaired) electrons. The Hall–Kier alpha value is -3.94. The van der Waals surface area contributed by atoms with Crippen molar-refractivity contribution >= 4 is 11.6 Å². The fourth-order valence-electron chi connectivity index (χ4n) is 3.42. The maximum atomic E-state index is 15.3. The molecule has 10 nitrogen and oxygen atoms in total. The number of nitrogens with zero attached hydrogens (tertiary/aromatic N) is 4. The Kier molecular flexibility index (Phi) is 8.21. The van der Waals surface area contributed by atoms with Crippen LogP contribution in [0, 0.1) is 12.7 Å². The molecule has 37 heavy (non-hydrogen) atoms. The molecule has 1 aromatic carbocycles. The van der Waals surface area contributed by atoms with Crippen LogP contribution in [0.2, 0.25) is 0 Å². The second-order valence-electron chi connectivity index (χ2n) is 7.99. The summed E-state index contributed by atoms with van der Waals surface area (Å²) in [6, 6.07) is 2.99. The lowest BCUT2D eigenvalue weighted by atomic mass is 10.1. The first-order valence-corrected chi connectivity index (χ1v) is 11.1. The van der Waals surface area contributed by atoms with Crippen molar-refractivity contribution in [2.75, 3.05) is 12.4 Å². The van der Waals surface area contributed by atoms with Crippen LogP contribution in [0.1, 0.15) is 42.0 Å². The topological polar surface area (TPSA) is 120 Å². The lowest BCUT2D eigenvalue weighted by molar-refractivity contribution is -0.189. The number of hydrogen-bond donors (Lipinski definition) is 2. The van der Waals surface area contributed by atoms with Gasteiger partial charge in [-0.3, -0.25) is 9.36 Å². The molecule has 3 rings (SSSR count). The number of carbonyl (C=O) groups is 1. The van der Waals surface area contributed by atoms with Gasteiger partial charge in [-0.05, 0) is 38.0 Å². The number of aliphatic hydroxyl groups excluding tert-OH is 1. The summed E-state index contributed by atoms with van der Waals surface area (Å²) >= 11 is 0. The molecule has 1 atom stereocenters. The lowest BCUT2D eigenvalue weighted by Gasteiger charge is -2.21. The van der Waals surface area contributed by atoms with E-state index in [1.807, 2.05) is 0 Å². The van der Waals surface area contributed by atoms with Crippen LogP contribution >= 0.6 is 0 Å². The number of benzene rings is 1. The predicted molar refractivity (Wildman–Crippen MR) is 124 cm³/mol. The van der Waals surface area contributed by atoms with Crippen LogP contribution in [0.15, 0.2) is 29.2 Å². The average molecular weight is 527 g/mol. The van der Waals surface area contributed by atoms with E-state index < -0.39 is 53.3 Å². The Balaban J connectivity index is 2.16. The minimum absolute atomic E-state index is 0.0288. The van der Waals surface area contributed by atoms with Gasteiger partial charge in [0.2, 0.25) is 5.88 Å². The Morgan fingerprint density at radius 3 is 2.59 bits per heavy atom. The van der Waals surface area contributed by atoms with E-state index in [4.69, 9.17) is 9.47 Å². The summed E-state index contributed by atoms with van der Waals surface area (Å²) in [4.78, 5) is 29.9. The second-order valence-corrected chi connectivity index (χ2v) is 7.99. The molecule has 14 heteroatoms. The number of amides is 1. The maximum Gasteiger partial charge on any atom is 0.425 e. The van der Waals surface area contributed by atoms with Crippen molar-refractivity contribution in [3.05, 3.63) is 57.6 Å². The molecule has 0 bridgehead atoms. The van der Waals surface area contributed by atoms with Gasteiger partial charge in [-0.2, -0.15) is 17.9 Å². The Labute approximate surface area is 208 Å². The Morgan fingerprint density at radius 1 is 1.30 bits per heavy atom. The van der Waals surface area contributed by atoms with E-state index in [9.17, 15) is 27.9 Å². The predicted octanol–water partition coefficient (Wildman–Crippen LogP) is 3.37. The van der Waals surface area contributed by atoms with E-state index in [1.165, 1.54) is 13.3 Å². The normalized spacial score (nSPS) is 12.4. The lowest BCUT2D eigenvalue weighted by Crippen LogP contribution is -2.32. The molecule has 0 aliphatic heterocycles. The quantitative estimate of drug-likeness (QED) is 0.410. The van der Waals surface area contributed by atoms with Crippen molar-refractivity contribution in [2.24, 2.45) is 0 Å². The van der Waals surface area contributed by atoms with Crippen molar-refractivity contribution in [3.63, 3.8) is 0 Å². The summed E-state index contributed by atoms with van der Waals surface area (Å²) in [6.45, 7) is 3.64. The van der Waals surface area contributed by atoms with Crippen LogP contribution < -0.4 is 20.5 Å². The second kappa shape index (κ2) is 11.0. The molecule has 2 heterocycles. The number of hydrogen-bond acceptors (Lipinski definition) is 7. The molecule has 200 valence electrons. The van der Waals surface area contributed by atoms with Gasteiger partial charge in [-0.15, -0.1) is 5.10 Å². The monoisotopic (exact) mass is 527 g/mol. The number of pyridine rings is 1. The van der Waals surface area contributed by atoms with Crippen LogP contribution in [0.3, 0.4) is 0 Å². The van der Waals surface area contributed by atoms with E-state index >= 15 is 4.39 Å². The molecule has 0 spiro atoms. The number of aromatic nitrogens is 4. The molecule has 1 amide bonds. The molecule has 0 saturated heterocycles. The number of carbonyl (C=O) groups excluding carboxylic acids is 1. The van der Waals surface area contributed by atoms with Crippen LogP contribution in [0.5, 0.6) is 11.6 Å². The van der Waals surface area contributed by atoms with Gasteiger partial charge in [0.25, 0.3) is 5.91 Å². The highest BCUT2D eigenvalue weighted by Gasteiger charge is 2.39. The van der Waals surface area contributed by atoms with E-state index in [1.54, 1.807) is 19.9 Å². The van der Waals surface area contributed by atoms with Crippen molar-refractivity contribution in [2.45, 2.75) is 52.6 Å². The molecule has 0 aliphatic carbocycles. The fourth-order valence-corrected chi connectivity index (χ4v) is 3.42. The average Bonchev–Trinajstić information content (AvgIpc) is 3.15. The number of anilines is 1. The molecule has 0 saturated carbocycles. The van der Waals surface area contributed by atoms with Crippen LogP contribution in [-0.2, 0) is 13.2 Å². The summed E-state index contributed by atoms with van der Waals surface area (Å²) in [6.07, 6.45) is -5.27. The molecule has 3 aromatic rings. The standard InChI is InChI=1S/C23H25F4N5O5/c1-5-8-31-18(11-33)30-32(22(31)35)16-10-17(37-13(3)23(25,26)27)14(9-15(16)24)20(34)29-19-12(2)6-7-28-21(19)36-4/h6-7,9-10,13,33H,5,8,11H2,1-4H3,(H,29,34)/t13-/m0/s1. The fraction of sp³-hybridized carbons (Fsp3) is 0.391. The Bertz CT molecular complexity index is 1350. The highest BCUT2D eigenvalue weighted by Crippen LogP contribution is 2.32. The van der Waals surface area contributed by atoms with Gasteiger partial charge in [0, 0.05) is 18.8 Å². The number of alkyl halides is 3. The van der Waals surface area contributed by atoms with Gasteiger partial charge >= 0.3 is 11.9 Å². The Morgan fingerprint density at radius 2 is 2.00 bits per heavy atom. The number of methoxy groups -OCH3 is 1. The van der Waals surface area contributed by atoms with Gasteiger partial charge in [0.1, 0.15) is 29.5 Å². The maximum absolute atomic E-state index is 15.3. The largest absolute Gasteiger partial charge is 0.480 e. The van der Waals surface area contributed by atoms with Crippen molar-refractivity contribution in [1.82, 2.24) is 19.3 Å². The van der Waals surface area contributed by atoms with Gasteiger partial charge in [-0.1, -0.05) is 6.92 Å². The first-order chi connectivity index (χ1) is 17.4. The molecule has 0 unspecified atom stereocenters. The number of aliphatic hydroxyl groups is 1. The first kappa shape index (κ1) is 27.6. The van der Waals surface area contributed by atoms with E-state index in [-0.39, 0.29) is 23.9 Å². The molecule has 2 aromatic heterocycles. The number of aryl methyl sites for hydroxylation is 1. The smallest absolute Gasteiger partial charge is 0.425 e. The summed E-state index contributed by atoms with van der Waals surface area (Å²) < 4.78 is 67.0. The summed E-state index contributed by atoms with van der Waals surface area (Å²) in [5.74, 6) is -2.84. The molecule has 0 aliphatic rings. The van der Waals surface area contributed by atoms with E-state index in [0.717, 1.165) is 10.6 Å². The number of nitrogens with one attached hydrogen (secondary N) is 1. The zero-order chi connectivity index (χ0) is 27.5. The summed E-state index contributed by atoms with van der Waals surface area (Å²) in [5.41, 5.74) is -1.33. The third kappa shape index (κ3) is 5.74. The molecule has 2 N–H and O–H groups in total. The molecular formula is C23H25F4N5O5. The van der Waals surface area contributed by atoms with Crippen LogP contribution in [0.25, 0.3) is 5.69 Å². The van der Waals surface area contributed by atoms with E-state index in [0.29, 0.717) is 29.7 Å². The zero-order valence-corrected chi connectivity index (χ0v) is 20.4. The zero-order valence-electron chi connectivity index (χ0n) is 20.4. The third-order valence-corrected chi connectivity index (χ3v) is 5.37. The number of halogens is 4. The molecule has 0 fully saturated rings. The van der Waals surface area contributed by atoms with Gasteiger partial charge < -0.3 is 19.9 Å². The summed E-state index contributed by atoms with van der Waals surface area (Å²) in [7, 11) is 1.31. The first-order valence-electron chi connectivity index (χ1n) is 11.1. The van der Waals surface area contributed by atoms with Gasteiger partial charge in [0.05, 0.1) is 12.7 Å². The number of ether oxygens (including phenoxy) is 2. The van der Waals surface area contributed by atoms with E-state index in [2.05, 4.69) is 15.4 Å². The summed E-state index contributed by atoms with van der Waals surface area (Å²) in [5, 5.41) is 15.9. The van der Waals surface area contributed by atoms with Gasteiger partial charge in [-0.25, -0.2) is 14.2 Å². The van der Waals surface area contributed by atoms with Gasteiger partial charge in [0.15, 0.2) is 11.9 Å². The van der Waals surface area contributed by atoms with Crippen LogP contribution in [0.4, 0.5) is 23.2 Å². The minimum Gasteiger partial charge on any atom is -0.480 e. The van der Waals surface area contributed by atoms with Crippen LogP contribution in [-0.4, -0.2) is 49.7 Å². The highest BCUT2D eigenvalue weighted by molar-refractivity contribution is 6.07. The molecular weight excluding hydrogens is 502 g/mol. The SMILES string of the molecule is CCCn1c(CO)nn(-c2cc(O[C@@H](C)C(F)(F)F)c(C(=O)Nc3c(C)ccnc3OC)cc2F)c1=O. The third-order valence-electron chi connectivity index (χ3n) is 5.37. The van der Waals surface area contributed by atoms with Crippen molar-refractivity contribution < 1.29 is 36.9 Å².